The van der Waals surface area contributed by atoms with Crippen LogP contribution in [-0.4, -0.2) is 20.4 Å². The Labute approximate surface area is 76.4 Å². The lowest BCUT2D eigenvalue weighted by molar-refractivity contribution is 0.629. The van der Waals surface area contributed by atoms with Gasteiger partial charge in [0.05, 0.1) is 21.8 Å². The van der Waals surface area contributed by atoms with Crippen LogP contribution in [-0.2, 0) is 10.8 Å². The molecule has 5 heteroatoms. The Hall–Kier alpha value is -1.23. The number of fused-ring (bicyclic) bond motifs is 1. The molecule has 0 radical (unpaired) electrons. The van der Waals surface area contributed by atoms with Gasteiger partial charge >= 0.3 is 0 Å². The van der Waals surface area contributed by atoms with Gasteiger partial charge in [0.1, 0.15) is 5.82 Å². The molecule has 0 bridgehead atoms. The molecule has 0 aliphatic heterocycles. The van der Waals surface area contributed by atoms with Crippen molar-refractivity contribution in [3.8, 4) is 0 Å². The van der Waals surface area contributed by atoms with E-state index in [1.54, 1.807) is 6.07 Å². The maximum absolute atomic E-state index is 12.7. The molecule has 13 heavy (non-hydrogen) atoms. The molecule has 0 saturated heterocycles. The molecular formula is C8H7FN2OS. The monoisotopic (exact) mass is 198 g/mol. The van der Waals surface area contributed by atoms with Crippen molar-refractivity contribution in [3.63, 3.8) is 0 Å². The van der Waals surface area contributed by atoms with Crippen molar-refractivity contribution >= 4 is 21.8 Å². The summed E-state index contributed by atoms with van der Waals surface area (Å²) in [6.07, 6.45) is 1.52. The van der Waals surface area contributed by atoms with Gasteiger partial charge in [-0.25, -0.2) is 9.37 Å². The van der Waals surface area contributed by atoms with Crippen molar-refractivity contribution < 1.29 is 8.60 Å². The molecule has 1 aromatic carbocycles. The van der Waals surface area contributed by atoms with Gasteiger partial charge in [-0.15, -0.1) is 0 Å². The molecule has 2 aromatic rings. The maximum Gasteiger partial charge on any atom is 0.197 e. The van der Waals surface area contributed by atoms with Crippen LogP contribution in [0.2, 0.25) is 0 Å². The molecule has 1 N–H and O–H groups in total. The highest BCUT2D eigenvalue weighted by molar-refractivity contribution is 7.84. The molecule has 3 nitrogen and oxygen atoms in total. The minimum atomic E-state index is -1.16. The number of hydrogen-bond acceptors (Lipinski definition) is 2. The van der Waals surface area contributed by atoms with E-state index in [0.29, 0.717) is 16.2 Å². The van der Waals surface area contributed by atoms with E-state index in [2.05, 4.69) is 9.97 Å². The molecule has 68 valence electrons. The van der Waals surface area contributed by atoms with E-state index in [9.17, 15) is 8.60 Å². The lowest BCUT2D eigenvalue weighted by Crippen LogP contribution is -1.88. The van der Waals surface area contributed by atoms with Gasteiger partial charge in [-0.2, -0.15) is 0 Å². The lowest BCUT2D eigenvalue weighted by atomic mass is 10.3. The van der Waals surface area contributed by atoms with Crippen molar-refractivity contribution in [3.05, 3.63) is 24.0 Å². The second-order valence-electron chi connectivity index (χ2n) is 2.66. The van der Waals surface area contributed by atoms with Gasteiger partial charge in [-0.05, 0) is 18.2 Å². The average molecular weight is 198 g/mol. The van der Waals surface area contributed by atoms with Gasteiger partial charge in [0.15, 0.2) is 5.16 Å². The van der Waals surface area contributed by atoms with Gasteiger partial charge in [0.25, 0.3) is 0 Å². The van der Waals surface area contributed by atoms with Crippen LogP contribution in [0.3, 0.4) is 0 Å². The van der Waals surface area contributed by atoms with E-state index in [1.807, 2.05) is 0 Å². The summed E-state index contributed by atoms with van der Waals surface area (Å²) in [5.41, 5.74) is 1.21. The summed E-state index contributed by atoms with van der Waals surface area (Å²) in [5.74, 6) is -0.329. The summed E-state index contributed by atoms with van der Waals surface area (Å²) in [7, 11) is -1.16. The maximum atomic E-state index is 12.7. The standard InChI is InChI=1S/C8H7FN2OS/c1-13(12)8-10-6-3-2-5(9)4-7(6)11-8/h2-4H,1H3,(H,10,11). The van der Waals surface area contributed by atoms with Crippen LogP contribution in [0.1, 0.15) is 0 Å². The van der Waals surface area contributed by atoms with Crippen molar-refractivity contribution in [2.45, 2.75) is 5.16 Å². The fraction of sp³-hybridized carbons (Fsp3) is 0.125. The topological polar surface area (TPSA) is 45.8 Å². The summed E-state index contributed by atoms with van der Waals surface area (Å²) in [4.78, 5) is 6.82. The molecule has 1 unspecified atom stereocenters. The van der Waals surface area contributed by atoms with Gasteiger partial charge in [-0.3, -0.25) is 4.21 Å². The number of rotatable bonds is 1. The third-order valence-electron chi connectivity index (χ3n) is 1.69. The highest BCUT2D eigenvalue weighted by Crippen LogP contribution is 2.13. The van der Waals surface area contributed by atoms with Crippen molar-refractivity contribution in [2.75, 3.05) is 6.26 Å². The number of imidazole rings is 1. The molecule has 0 saturated carbocycles. The zero-order valence-electron chi connectivity index (χ0n) is 6.87. The SMILES string of the molecule is CS(=O)c1nc2ccc(F)cc2[nH]1. The molecule has 1 heterocycles. The van der Waals surface area contributed by atoms with Crippen molar-refractivity contribution in [1.82, 2.24) is 9.97 Å². The zero-order chi connectivity index (χ0) is 9.42. The highest BCUT2D eigenvalue weighted by Gasteiger charge is 2.05. The zero-order valence-corrected chi connectivity index (χ0v) is 7.69. The Morgan fingerprint density at radius 2 is 2.31 bits per heavy atom. The first-order valence-electron chi connectivity index (χ1n) is 3.65. The lowest BCUT2D eigenvalue weighted by Gasteiger charge is -1.86. The summed E-state index contributed by atoms with van der Waals surface area (Å²) >= 11 is 0. The van der Waals surface area contributed by atoms with Crippen LogP contribution in [0.4, 0.5) is 4.39 Å². The number of halogens is 1. The molecule has 0 aliphatic carbocycles. The molecule has 1 atom stereocenters. The van der Waals surface area contributed by atoms with Gasteiger partial charge in [0.2, 0.25) is 0 Å². The van der Waals surface area contributed by atoms with Gasteiger partial charge < -0.3 is 4.98 Å². The first-order valence-corrected chi connectivity index (χ1v) is 5.21. The average Bonchev–Trinajstić information content (AvgIpc) is 2.46. The largest absolute Gasteiger partial charge is 0.331 e. The first-order chi connectivity index (χ1) is 6.16. The Morgan fingerprint density at radius 3 is 3.00 bits per heavy atom. The minimum Gasteiger partial charge on any atom is -0.331 e. The normalized spacial score (nSPS) is 13.4. The van der Waals surface area contributed by atoms with Gasteiger partial charge in [0, 0.05) is 6.26 Å². The van der Waals surface area contributed by atoms with E-state index in [1.165, 1.54) is 18.4 Å². The summed E-state index contributed by atoms with van der Waals surface area (Å²) in [6, 6.07) is 4.21. The third-order valence-corrected chi connectivity index (χ3v) is 2.43. The molecular weight excluding hydrogens is 191 g/mol. The smallest absolute Gasteiger partial charge is 0.197 e. The van der Waals surface area contributed by atoms with E-state index >= 15 is 0 Å². The van der Waals surface area contributed by atoms with Crippen LogP contribution in [0.15, 0.2) is 23.4 Å². The van der Waals surface area contributed by atoms with Crippen molar-refractivity contribution in [1.29, 1.82) is 0 Å². The number of nitrogens with zero attached hydrogens (tertiary/aromatic N) is 1. The number of hydrogen-bond donors (Lipinski definition) is 1. The minimum absolute atomic E-state index is 0.329. The number of aromatic nitrogens is 2. The van der Waals surface area contributed by atoms with Crippen LogP contribution >= 0.6 is 0 Å². The van der Waals surface area contributed by atoms with Crippen LogP contribution in [0.25, 0.3) is 11.0 Å². The van der Waals surface area contributed by atoms with E-state index in [0.717, 1.165) is 0 Å². The molecule has 0 fully saturated rings. The number of nitrogens with one attached hydrogen (secondary N) is 1. The van der Waals surface area contributed by atoms with Crippen molar-refractivity contribution in [2.24, 2.45) is 0 Å². The summed E-state index contributed by atoms with van der Waals surface area (Å²) < 4.78 is 23.7. The molecule has 1 aromatic heterocycles. The molecule has 2 rings (SSSR count). The number of aromatic amines is 1. The molecule has 0 amide bonds. The Morgan fingerprint density at radius 1 is 1.54 bits per heavy atom. The fourth-order valence-corrected chi connectivity index (χ4v) is 1.58. The fourth-order valence-electron chi connectivity index (χ4n) is 1.09. The molecule has 0 spiro atoms. The van der Waals surface area contributed by atoms with Crippen LogP contribution in [0, 0.1) is 5.82 Å². The second-order valence-corrected chi connectivity index (χ2v) is 3.95. The number of benzene rings is 1. The van der Waals surface area contributed by atoms with E-state index < -0.39 is 10.8 Å². The predicted octanol–water partition coefficient (Wildman–Crippen LogP) is 1.44. The Kier molecular flexibility index (Phi) is 1.88. The number of H-pyrrole nitrogens is 1. The summed E-state index contributed by atoms with van der Waals surface area (Å²) in [5, 5.41) is 0.376. The quantitative estimate of drug-likeness (QED) is 0.753. The van der Waals surface area contributed by atoms with Crippen LogP contribution < -0.4 is 0 Å². The highest BCUT2D eigenvalue weighted by atomic mass is 32.2. The van der Waals surface area contributed by atoms with E-state index in [4.69, 9.17) is 0 Å². The summed E-state index contributed by atoms with van der Waals surface area (Å²) in [6.45, 7) is 0. The third kappa shape index (κ3) is 1.47. The Bertz CT molecular complexity index is 480. The second kappa shape index (κ2) is 2.92. The molecule has 0 aliphatic rings. The van der Waals surface area contributed by atoms with E-state index in [-0.39, 0.29) is 5.82 Å². The predicted molar refractivity (Wildman–Crippen MR) is 48.4 cm³/mol. The van der Waals surface area contributed by atoms with Crippen LogP contribution in [0.5, 0.6) is 0 Å². The first kappa shape index (κ1) is 8.37. The van der Waals surface area contributed by atoms with Gasteiger partial charge in [-0.1, -0.05) is 0 Å². The Balaban J connectivity index is 2.68.